The van der Waals surface area contributed by atoms with E-state index in [1.807, 2.05) is 146 Å². The van der Waals surface area contributed by atoms with Crippen LogP contribution in [0.25, 0.3) is 43.6 Å². The summed E-state index contributed by atoms with van der Waals surface area (Å²) in [5.74, 6) is -4.17. The number of amides is 6. The number of nitrogens with one attached hydrogen (secondary N) is 4. The molecule has 0 radical (unpaired) electrons. The number of ketones is 4. The first kappa shape index (κ1) is 115. The number of rotatable bonds is 49. The van der Waals surface area contributed by atoms with Crippen LogP contribution >= 0.6 is 0 Å². The monoisotopic (exact) mass is 2000 g/mol. The summed E-state index contributed by atoms with van der Waals surface area (Å²) in [6, 6.07) is 48.8. The molecule has 0 spiro atoms. The van der Waals surface area contributed by atoms with E-state index in [0.717, 1.165) is 110 Å². The summed E-state index contributed by atoms with van der Waals surface area (Å²) in [4.78, 5) is 153. The van der Waals surface area contributed by atoms with Gasteiger partial charge in [-0.05, 0) is 221 Å². The Morgan fingerprint density at radius 2 is 0.676 bits per heavy atom. The summed E-state index contributed by atoms with van der Waals surface area (Å²) >= 11 is 0. The lowest BCUT2D eigenvalue weighted by Gasteiger charge is -2.31. The lowest BCUT2D eigenvalue weighted by atomic mass is 9.95. The van der Waals surface area contributed by atoms with Crippen molar-refractivity contribution in [2.75, 3.05) is 98.2 Å². The van der Waals surface area contributed by atoms with Gasteiger partial charge in [0.15, 0.2) is 29.2 Å². The second-order valence-electron chi connectivity index (χ2n) is 36.0. The Kier molecular flexibility index (Phi) is 46.6. The highest BCUT2D eigenvalue weighted by molar-refractivity contribution is 6.06. The minimum Gasteiger partial charge on any atom is -0.345 e. The highest BCUT2D eigenvalue weighted by atomic mass is 19.4. The van der Waals surface area contributed by atoms with Crippen LogP contribution in [0.2, 0.25) is 0 Å². The van der Waals surface area contributed by atoms with Crippen molar-refractivity contribution >= 4 is 102 Å². The Morgan fingerprint density at radius 1 is 0.352 bits per heavy atom. The van der Waals surface area contributed by atoms with Crippen LogP contribution in [0.1, 0.15) is 101 Å². The number of piperidine rings is 1. The van der Waals surface area contributed by atoms with E-state index in [0.29, 0.717) is 87.3 Å². The van der Waals surface area contributed by atoms with E-state index in [1.54, 1.807) is 35.8 Å². The van der Waals surface area contributed by atoms with Gasteiger partial charge in [-0.15, -0.1) is 0 Å². The zero-order chi connectivity index (χ0) is 105. The van der Waals surface area contributed by atoms with Gasteiger partial charge >= 0.3 is 12.4 Å². The lowest BCUT2D eigenvalue weighted by molar-refractivity contribution is -0.139. The number of nitrogens with zero attached hydrogens (tertiary/aromatic N) is 7. The number of aromatic nitrogens is 4. The van der Waals surface area contributed by atoms with Crippen molar-refractivity contribution in [3.8, 4) is 0 Å². The molecule has 4 aromatic heterocycles. The molecule has 5 heterocycles. The van der Waals surface area contributed by atoms with Gasteiger partial charge in [-0.1, -0.05) is 134 Å². The molecular weight excluding hydrogens is 1870 g/mol. The summed E-state index contributed by atoms with van der Waals surface area (Å²) in [6.07, 6.45) is 3.08. The molecule has 1 fully saturated rings. The number of halogens is 6. The molecule has 0 aliphatic carbocycles. The van der Waals surface area contributed by atoms with Gasteiger partial charge in [-0.2, -0.15) is 26.3 Å². The molecule has 28 N–H and O–H groups in total. The maximum atomic E-state index is 13.4. The number of aryl methyl sites for hydroxylation is 1. The average Bonchev–Trinajstić information content (AvgIpc) is 0.873. The van der Waals surface area contributed by atoms with Crippen LogP contribution in [0, 0.1) is 11.8 Å². The molecule has 145 heavy (non-hydrogen) atoms. The van der Waals surface area contributed by atoms with Crippen LogP contribution in [0.15, 0.2) is 225 Å². The summed E-state index contributed by atoms with van der Waals surface area (Å²) < 4.78 is 77.8. The summed E-state index contributed by atoms with van der Waals surface area (Å²) in [5, 5.41) is 14.6. The third-order valence-corrected chi connectivity index (χ3v) is 24.8. The van der Waals surface area contributed by atoms with Crippen LogP contribution in [0.5, 0.6) is 0 Å². The van der Waals surface area contributed by atoms with Gasteiger partial charge in [0.25, 0.3) is 0 Å². The minimum absolute atomic E-state index is 0.00759. The molecule has 2 unspecified atom stereocenters. The van der Waals surface area contributed by atoms with Gasteiger partial charge in [-0.25, -0.2) is 0 Å². The normalized spacial score (nSPS) is 13.9. The Labute approximate surface area is 839 Å². The molecular formula is C106H135F6N23O10. The van der Waals surface area contributed by atoms with Crippen molar-refractivity contribution < 1.29 is 74.3 Å². The van der Waals surface area contributed by atoms with Crippen LogP contribution < -0.4 is 90.1 Å². The van der Waals surface area contributed by atoms with Gasteiger partial charge in [0, 0.05) is 137 Å². The number of hydrogen-bond acceptors (Lipinski definition) is 27. The number of fused-ring (bicyclic) bond motifs is 4. The number of nitrogens with two attached hydrogens (primary N) is 12. The third kappa shape index (κ3) is 37.4. The molecule has 1 aliphatic rings. The molecule has 7 aromatic carbocycles. The number of carbonyl (C=O) groups excluding carboxylic acids is 10. The first-order valence-corrected chi connectivity index (χ1v) is 48.5. The summed E-state index contributed by atoms with van der Waals surface area (Å²) in [5.41, 5.74) is 75.5. The number of Topliss-reactive ketones (excluding diaryl/α,β-unsaturated/α-hetero) is 4. The van der Waals surface area contributed by atoms with E-state index in [1.165, 1.54) is 35.6 Å². The van der Waals surface area contributed by atoms with E-state index >= 15 is 0 Å². The Hall–Kier alpha value is -13.3. The van der Waals surface area contributed by atoms with Crippen molar-refractivity contribution in [1.29, 1.82) is 0 Å². The zero-order valence-electron chi connectivity index (χ0n) is 81.3. The number of pyridine rings is 4. The Balaban J connectivity index is 0.000000216. The van der Waals surface area contributed by atoms with Crippen molar-refractivity contribution in [3.63, 3.8) is 0 Å². The fraction of sp³-hybridized carbons (Fsp3) is 0.396. The van der Waals surface area contributed by atoms with Gasteiger partial charge in [-0.3, -0.25) is 67.9 Å². The van der Waals surface area contributed by atoms with Crippen LogP contribution in [-0.4, -0.2) is 240 Å². The number of benzene rings is 7. The van der Waals surface area contributed by atoms with Crippen molar-refractivity contribution in [2.24, 2.45) is 80.6 Å². The molecule has 33 nitrogen and oxygen atoms in total. The first-order valence-electron chi connectivity index (χ1n) is 48.5. The summed E-state index contributed by atoms with van der Waals surface area (Å²) in [6.45, 7) is 5.54. The molecule has 0 saturated carbocycles. The van der Waals surface area contributed by atoms with Gasteiger partial charge in [0.2, 0.25) is 35.4 Å². The minimum atomic E-state index is -4.52. The van der Waals surface area contributed by atoms with Crippen LogP contribution in [0.4, 0.5) is 26.3 Å². The molecule has 6 amide bonds. The SMILES string of the molecule is NCC(CN)C[C@H](N)C(=O)N[C@H](CCc1ccccc1)C(=O)Cc1cnc2ccccc2c1.NCC(CN)C[C@H](N)C(=O)N[C@H](Cc1ccc(C(F)(F)F)cc1)C(=O)Cc1cnc2ccccc2c1.NCCN(CCN)C(=O)C(N)C(=O)N[C@@H](Cc1ccc(C(F)(F)F)cc1)C(=O)Cc1cnc2ccccc2c1.NCCN(CCN)C(=O)CC[C@H](N)C(=O)NC(CN1CCCCC1)C(=O)Cc1cnc2ccccc2c1. The quantitative estimate of drug-likeness (QED) is 0.0168. The molecule has 8 atom stereocenters. The predicted octanol–water partition coefficient (Wildman–Crippen LogP) is 5.40. The maximum absolute atomic E-state index is 13.4. The van der Waals surface area contributed by atoms with E-state index < -0.39 is 101 Å². The topological polar surface area (TPSA) is 592 Å². The highest BCUT2D eigenvalue weighted by Crippen LogP contribution is 2.32. The molecule has 1 saturated heterocycles. The number of alkyl halides is 6. The third-order valence-electron chi connectivity index (χ3n) is 24.8. The number of para-hydroxylation sites is 4. The van der Waals surface area contributed by atoms with Gasteiger partial charge < -0.3 is 105 Å². The van der Waals surface area contributed by atoms with Crippen LogP contribution in [0.3, 0.4) is 0 Å². The van der Waals surface area contributed by atoms with E-state index in [-0.39, 0.29) is 138 Å². The molecule has 1 aliphatic heterocycles. The second kappa shape index (κ2) is 58.6. The maximum Gasteiger partial charge on any atom is 0.416 e. The fourth-order valence-electron chi connectivity index (χ4n) is 16.5. The van der Waals surface area contributed by atoms with E-state index in [9.17, 15) is 74.3 Å². The molecule has 0 bridgehead atoms. The van der Waals surface area contributed by atoms with Gasteiger partial charge in [0.05, 0.1) is 69.4 Å². The van der Waals surface area contributed by atoms with Crippen LogP contribution in [-0.2, 0) is 105 Å². The standard InChI is InChI=1S/C27H31F3N6O3.C27H41N7O3.C26H30F3N5O2.C26H33N5O2/c28-27(29,30)20-7-5-17(6-8-20)14-22(35-25(38)24(33)26(39)36(11-9-31)12-10-32)23(37)15-18-13-19-3-1-2-4-21(19)34-16-18;28-10-14-34(15-11-29)26(36)9-8-22(30)27(37)32-24(19-33-12-4-1-5-13-33)25(35)17-20-16-21-6-2-3-7-23(21)31-18-20;27-26(28,29)20-7-5-16(6-8-20)11-23(34-25(36)21(32)10-18(13-30)14-31)24(35)12-17-9-19-3-1-2-4-22(19)33-15-17;27-15-20(16-28)13-22(29)26(33)31-24(11-10-18-6-2-1-3-7-18)25(32)14-19-12-21-8-4-5-9-23(21)30-17-19/h1-8,13,16,22,24H,9-12,14-15,31-33H2,(H,35,38);2-3,6-7,16,18,22,24H,1,4-5,8-15,17,19,28-30H2,(H,32,37);1-9,15,18,21,23H,10-14,30-32H2,(H,34,36);1-9,12,17,20,22,24H,10-11,13-16,27-29H2,(H,31,33)/t2*22-,24?;21-,23+;22-,24+/m0000/s1. The van der Waals surface area contributed by atoms with Gasteiger partial charge in [0.1, 0.15) is 6.04 Å². The highest BCUT2D eigenvalue weighted by Gasteiger charge is 2.36. The van der Waals surface area contributed by atoms with Crippen molar-refractivity contribution in [1.82, 2.24) is 55.9 Å². The second-order valence-corrected chi connectivity index (χ2v) is 36.0. The van der Waals surface area contributed by atoms with E-state index in [4.69, 9.17) is 68.8 Å². The largest absolute Gasteiger partial charge is 0.416 e. The van der Waals surface area contributed by atoms with E-state index in [2.05, 4.69) is 46.1 Å². The van der Waals surface area contributed by atoms with Crippen molar-refractivity contribution in [2.45, 2.75) is 157 Å². The first-order chi connectivity index (χ1) is 69.5. The molecule has 11 aromatic rings. The predicted molar refractivity (Wildman–Crippen MR) is 548 cm³/mol. The number of carbonyl (C=O) groups is 10. The van der Waals surface area contributed by atoms with Crippen molar-refractivity contribution in [3.05, 3.63) is 275 Å². The fourth-order valence-corrected chi connectivity index (χ4v) is 16.5. The summed E-state index contributed by atoms with van der Waals surface area (Å²) in [7, 11) is 0. The molecule has 39 heteroatoms. The number of likely N-dealkylation sites (tertiary alicyclic amines) is 1. The Bertz CT molecular complexity index is 6010. The molecule has 776 valence electrons. The number of hydrogen-bond donors (Lipinski definition) is 16. The zero-order valence-corrected chi connectivity index (χ0v) is 81.3. The lowest BCUT2D eigenvalue weighted by Crippen LogP contribution is -2.57. The average molecular weight is 2010 g/mol. The smallest absolute Gasteiger partial charge is 0.345 e. The Morgan fingerprint density at radius 3 is 1.04 bits per heavy atom. The molecule has 12 rings (SSSR count).